The maximum absolute atomic E-state index is 13.3. The van der Waals surface area contributed by atoms with Gasteiger partial charge in [0.25, 0.3) is 0 Å². The molecule has 2 aromatic carbocycles. The summed E-state index contributed by atoms with van der Waals surface area (Å²) in [4.78, 5) is 20.7. The molecule has 0 radical (unpaired) electrons. The number of hydrogen-bond acceptors (Lipinski definition) is 4. The van der Waals surface area contributed by atoms with Crippen molar-refractivity contribution < 1.29 is 12.8 Å². The van der Waals surface area contributed by atoms with Crippen LogP contribution in [0.25, 0.3) is 11.0 Å². The Labute approximate surface area is 159 Å². The second-order valence-electron chi connectivity index (χ2n) is 6.29. The smallest absolute Gasteiger partial charge is 0.323 e. The van der Waals surface area contributed by atoms with Crippen LogP contribution in [0.1, 0.15) is 17.4 Å². The minimum atomic E-state index is -3.98. The average Bonchev–Trinajstić information content (AvgIpc) is 3.24. The molecule has 4 rings (SSSR count). The van der Waals surface area contributed by atoms with E-state index in [1.165, 1.54) is 42.5 Å². The molecule has 144 valence electrons. The molecule has 0 spiro atoms. The van der Waals surface area contributed by atoms with Crippen LogP contribution in [-0.4, -0.2) is 27.9 Å². The second-order valence-corrected chi connectivity index (χ2v) is 8.00. The molecule has 2 heterocycles. The molecule has 0 aliphatic carbocycles. The lowest BCUT2D eigenvalue weighted by atomic mass is 10.1. The molecule has 3 N–H and O–H groups in total. The highest BCUT2D eigenvalue weighted by Gasteiger charge is 2.26. The Morgan fingerprint density at radius 3 is 2.50 bits per heavy atom. The maximum atomic E-state index is 13.3. The van der Waals surface area contributed by atoms with Gasteiger partial charge in [-0.1, -0.05) is 12.1 Å². The molecule has 0 saturated heterocycles. The van der Waals surface area contributed by atoms with Gasteiger partial charge in [-0.3, -0.25) is 0 Å². The fourth-order valence-corrected chi connectivity index (χ4v) is 4.19. The number of sulfonamides is 1. The lowest BCUT2D eigenvalue weighted by molar-refractivity contribution is 0.562. The molecule has 0 saturated carbocycles. The van der Waals surface area contributed by atoms with Gasteiger partial charge in [-0.15, -0.1) is 0 Å². The van der Waals surface area contributed by atoms with Crippen molar-refractivity contribution in [2.45, 2.75) is 10.9 Å². The number of nitrogens with zero attached hydrogens (tertiary/aromatic N) is 2. The van der Waals surface area contributed by atoms with E-state index >= 15 is 0 Å². The topological polar surface area (TPSA) is 113 Å². The highest BCUT2D eigenvalue weighted by molar-refractivity contribution is 7.89. The lowest BCUT2D eigenvalue weighted by Crippen LogP contribution is -2.31. The van der Waals surface area contributed by atoms with Gasteiger partial charge < -0.3 is 14.5 Å². The van der Waals surface area contributed by atoms with E-state index < -0.39 is 27.6 Å². The number of aromatic nitrogens is 4. The van der Waals surface area contributed by atoms with Crippen LogP contribution >= 0.6 is 0 Å². The van der Waals surface area contributed by atoms with Crippen LogP contribution in [0.5, 0.6) is 0 Å². The number of nitrogens with one attached hydrogen (secondary N) is 3. The molecule has 2 aromatic heterocycles. The quantitative estimate of drug-likeness (QED) is 0.473. The van der Waals surface area contributed by atoms with Crippen LogP contribution in [0.2, 0.25) is 0 Å². The van der Waals surface area contributed by atoms with Gasteiger partial charge in [-0.05, 0) is 35.9 Å². The van der Waals surface area contributed by atoms with Gasteiger partial charge in [0.15, 0.2) is 0 Å². The third-order valence-electron chi connectivity index (χ3n) is 4.39. The van der Waals surface area contributed by atoms with E-state index in [9.17, 15) is 17.6 Å². The third-order valence-corrected chi connectivity index (χ3v) is 5.81. The minimum Gasteiger partial charge on any atom is -0.336 e. The lowest BCUT2D eigenvalue weighted by Gasteiger charge is -2.19. The summed E-state index contributed by atoms with van der Waals surface area (Å²) in [5.74, 6) is 0.0263. The summed E-state index contributed by atoms with van der Waals surface area (Å²) < 4.78 is 43.7. The number of aromatic amines is 2. The first-order valence-electron chi connectivity index (χ1n) is 8.30. The summed E-state index contributed by atoms with van der Waals surface area (Å²) in [6, 6.07) is 8.98. The molecule has 0 amide bonds. The third kappa shape index (κ3) is 3.35. The number of hydrogen-bond donors (Lipinski definition) is 3. The Morgan fingerprint density at radius 2 is 1.82 bits per heavy atom. The molecular weight excluding hydrogens is 385 g/mol. The summed E-state index contributed by atoms with van der Waals surface area (Å²) in [6.45, 7) is 0. The number of halogens is 1. The van der Waals surface area contributed by atoms with Crippen molar-refractivity contribution >= 4 is 21.1 Å². The summed E-state index contributed by atoms with van der Waals surface area (Å²) in [6.07, 6.45) is 3.24. The zero-order valence-corrected chi connectivity index (χ0v) is 15.5. The SMILES string of the molecule is Cn1ccnc1[C@@H](NS(=O)(=O)c1ccc2[nH]c(=O)[nH]c2c1)c1ccc(F)cc1. The van der Waals surface area contributed by atoms with E-state index in [4.69, 9.17) is 0 Å². The zero-order chi connectivity index (χ0) is 19.9. The predicted octanol–water partition coefficient (Wildman–Crippen LogP) is 1.80. The van der Waals surface area contributed by atoms with Crippen molar-refractivity contribution in [1.82, 2.24) is 24.2 Å². The van der Waals surface area contributed by atoms with Gasteiger partial charge in [0, 0.05) is 19.4 Å². The Hall–Kier alpha value is -3.24. The fraction of sp³-hybridized carbons (Fsp3) is 0.111. The number of rotatable bonds is 5. The minimum absolute atomic E-state index is 0.0171. The van der Waals surface area contributed by atoms with E-state index in [0.717, 1.165) is 0 Å². The summed E-state index contributed by atoms with van der Waals surface area (Å²) in [5, 5.41) is 0. The van der Waals surface area contributed by atoms with E-state index in [2.05, 4.69) is 19.7 Å². The average molecular weight is 401 g/mol. The van der Waals surface area contributed by atoms with Crippen LogP contribution < -0.4 is 10.4 Å². The monoisotopic (exact) mass is 401 g/mol. The molecule has 8 nitrogen and oxygen atoms in total. The molecule has 4 aromatic rings. The molecule has 0 bridgehead atoms. The first-order valence-corrected chi connectivity index (χ1v) is 9.79. The Balaban J connectivity index is 1.77. The van der Waals surface area contributed by atoms with E-state index in [1.807, 2.05) is 0 Å². The van der Waals surface area contributed by atoms with Crippen LogP contribution in [0.4, 0.5) is 4.39 Å². The standard InChI is InChI=1S/C18H16FN5O3S/c1-24-9-8-20-17(24)16(11-2-4-12(19)5-3-11)23-28(26,27)13-6-7-14-15(10-13)22-18(25)21-14/h2-10,16,23H,1H3,(H2,21,22,25)/t16-/m0/s1. The van der Waals surface area contributed by atoms with Crippen molar-refractivity contribution in [2.24, 2.45) is 7.05 Å². The van der Waals surface area contributed by atoms with Gasteiger partial charge >= 0.3 is 5.69 Å². The van der Waals surface area contributed by atoms with Crippen molar-refractivity contribution in [2.75, 3.05) is 0 Å². The van der Waals surface area contributed by atoms with Gasteiger partial charge in [0.1, 0.15) is 17.7 Å². The van der Waals surface area contributed by atoms with Crippen LogP contribution in [0.3, 0.4) is 0 Å². The maximum Gasteiger partial charge on any atom is 0.323 e. The van der Waals surface area contributed by atoms with Crippen molar-refractivity contribution in [3.63, 3.8) is 0 Å². The second kappa shape index (κ2) is 6.73. The van der Waals surface area contributed by atoms with Crippen LogP contribution in [-0.2, 0) is 17.1 Å². The first-order chi connectivity index (χ1) is 13.3. The number of aryl methyl sites for hydroxylation is 1. The molecule has 0 aliphatic heterocycles. The summed E-state index contributed by atoms with van der Waals surface area (Å²) in [5.41, 5.74) is 0.997. The molecule has 0 unspecified atom stereocenters. The molecule has 0 aliphatic rings. The molecule has 0 fully saturated rings. The fourth-order valence-electron chi connectivity index (χ4n) is 2.98. The first kappa shape index (κ1) is 18.1. The van der Waals surface area contributed by atoms with Gasteiger partial charge in [-0.25, -0.2) is 22.6 Å². The highest BCUT2D eigenvalue weighted by Crippen LogP contribution is 2.24. The number of benzene rings is 2. The van der Waals surface area contributed by atoms with E-state index in [0.29, 0.717) is 22.4 Å². The summed E-state index contributed by atoms with van der Waals surface area (Å²) >= 11 is 0. The van der Waals surface area contributed by atoms with Crippen LogP contribution in [0.15, 0.2) is 64.5 Å². The number of imidazole rings is 2. The van der Waals surface area contributed by atoms with E-state index in [1.54, 1.807) is 24.0 Å². The highest BCUT2D eigenvalue weighted by atomic mass is 32.2. The number of fused-ring (bicyclic) bond motifs is 1. The summed E-state index contributed by atoms with van der Waals surface area (Å²) in [7, 11) is -2.24. The predicted molar refractivity (Wildman–Crippen MR) is 101 cm³/mol. The largest absolute Gasteiger partial charge is 0.336 e. The Morgan fingerprint density at radius 1 is 1.11 bits per heavy atom. The zero-order valence-electron chi connectivity index (χ0n) is 14.7. The van der Waals surface area contributed by atoms with E-state index in [-0.39, 0.29) is 4.90 Å². The van der Waals surface area contributed by atoms with Crippen molar-refractivity contribution in [3.8, 4) is 0 Å². The van der Waals surface area contributed by atoms with Gasteiger partial charge in [0.2, 0.25) is 10.0 Å². The van der Waals surface area contributed by atoms with Crippen molar-refractivity contribution in [1.29, 1.82) is 0 Å². The molecular formula is C18H16FN5O3S. The molecule has 1 atom stereocenters. The van der Waals surface area contributed by atoms with Crippen LogP contribution in [0, 0.1) is 5.82 Å². The Bertz CT molecular complexity index is 1310. The molecule has 10 heteroatoms. The van der Waals surface area contributed by atoms with Crippen molar-refractivity contribution in [3.05, 3.63) is 82.5 Å². The molecule has 28 heavy (non-hydrogen) atoms. The Kier molecular flexibility index (Phi) is 4.36. The normalized spacial score (nSPS) is 13.1. The van der Waals surface area contributed by atoms with Gasteiger partial charge in [0.05, 0.1) is 15.9 Å². The number of H-pyrrole nitrogens is 2. The van der Waals surface area contributed by atoms with Gasteiger partial charge in [-0.2, -0.15) is 4.72 Å².